The Hall–Kier alpha value is -2.05. The van der Waals surface area contributed by atoms with Gasteiger partial charge in [-0.15, -0.1) is 0 Å². The van der Waals surface area contributed by atoms with Crippen molar-refractivity contribution < 1.29 is 4.79 Å². The Morgan fingerprint density at radius 2 is 1.88 bits per heavy atom. The predicted molar refractivity (Wildman–Crippen MR) is 95.2 cm³/mol. The van der Waals surface area contributed by atoms with E-state index in [-0.39, 0.29) is 6.03 Å². The molecule has 0 unspecified atom stereocenters. The molecule has 1 atom stereocenters. The van der Waals surface area contributed by atoms with Crippen LogP contribution in [0.4, 0.5) is 10.5 Å². The van der Waals surface area contributed by atoms with E-state index in [1.165, 1.54) is 5.56 Å². The van der Waals surface area contributed by atoms with Gasteiger partial charge in [0, 0.05) is 50.5 Å². The van der Waals surface area contributed by atoms with E-state index in [0.717, 1.165) is 23.8 Å². The molecule has 0 radical (unpaired) electrons. The third kappa shape index (κ3) is 3.88. The molecule has 1 aliphatic rings. The van der Waals surface area contributed by atoms with E-state index in [2.05, 4.69) is 34.4 Å². The van der Waals surface area contributed by atoms with Crippen LogP contribution in [0.15, 0.2) is 36.7 Å². The van der Waals surface area contributed by atoms with Crippen LogP contribution in [-0.2, 0) is 7.05 Å². The van der Waals surface area contributed by atoms with E-state index < -0.39 is 0 Å². The molecule has 24 heavy (non-hydrogen) atoms. The van der Waals surface area contributed by atoms with Crippen molar-refractivity contribution >= 4 is 23.3 Å². The number of piperazine rings is 1. The highest BCUT2D eigenvalue weighted by molar-refractivity contribution is 6.30. The van der Waals surface area contributed by atoms with Gasteiger partial charge < -0.3 is 10.2 Å². The minimum Gasteiger partial charge on any atom is -0.322 e. The van der Waals surface area contributed by atoms with Crippen LogP contribution in [0.5, 0.6) is 0 Å². The number of hydrogen-bond acceptors (Lipinski definition) is 3. The fourth-order valence-electron chi connectivity index (χ4n) is 2.95. The number of benzene rings is 1. The van der Waals surface area contributed by atoms with Crippen molar-refractivity contribution in [2.45, 2.75) is 13.0 Å². The summed E-state index contributed by atoms with van der Waals surface area (Å²) in [6.45, 7) is 5.32. The summed E-state index contributed by atoms with van der Waals surface area (Å²) in [6, 6.07) is 8.21. The van der Waals surface area contributed by atoms with Crippen LogP contribution in [0.3, 0.4) is 0 Å². The number of nitrogens with zero attached hydrogens (tertiary/aromatic N) is 4. The lowest BCUT2D eigenvalue weighted by Gasteiger charge is -2.38. The van der Waals surface area contributed by atoms with Crippen molar-refractivity contribution in [1.82, 2.24) is 19.6 Å². The van der Waals surface area contributed by atoms with E-state index in [4.69, 9.17) is 11.6 Å². The van der Waals surface area contributed by atoms with Gasteiger partial charge >= 0.3 is 6.03 Å². The minimum atomic E-state index is -0.0678. The Kier molecular flexibility index (Phi) is 5.06. The van der Waals surface area contributed by atoms with Crippen LogP contribution in [0.1, 0.15) is 18.5 Å². The zero-order valence-electron chi connectivity index (χ0n) is 13.9. The fourth-order valence-corrected chi connectivity index (χ4v) is 3.08. The summed E-state index contributed by atoms with van der Waals surface area (Å²) in [6.07, 6.45) is 3.44. The lowest BCUT2D eigenvalue weighted by Crippen LogP contribution is -2.50. The Bertz CT molecular complexity index is 691. The van der Waals surface area contributed by atoms with E-state index >= 15 is 0 Å². The van der Waals surface area contributed by atoms with Crippen molar-refractivity contribution in [2.24, 2.45) is 7.05 Å². The number of nitrogens with one attached hydrogen (secondary N) is 1. The van der Waals surface area contributed by atoms with Crippen LogP contribution in [-0.4, -0.2) is 51.8 Å². The monoisotopic (exact) mass is 347 g/mol. The van der Waals surface area contributed by atoms with Crippen molar-refractivity contribution in [3.05, 3.63) is 47.2 Å². The lowest BCUT2D eigenvalue weighted by atomic mass is 10.1. The van der Waals surface area contributed by atoms with Crippen LogP contribution >= 0.6 is 11.6 Å². The second kappa shape index (κ2) is 7.23. The highest BCUT2D eigenvalue weighted by Crippen LogP contribution is 2.23. The van der Waals surface area contributed by atoms with Crippen molar-refractivity contribution in [3.8, 4) is 0 Å². The number of carbonyl (C=O) groups is 1. The Labute approximate surface area is 147 Å². The third-order valence-electron chi connectivity index (χ3n) is 4.46. The number of aromatic nitrogens is 2. The maximum Gasteiger partial charge on any atom is 0.322 e. The zero-order chi connectivity index (χ0) is 17.1. The summed E-state index contributed by atoms with van der Waals surface area (Å²) in [4.78, 5) is 16.5. The van der Waals surface area contributed by atoms with Gasteiger partial charge in [0.05, 0.1) is 11.9 Å². The SMILES string of the molecule is C[C@@H](c1ccc(Cl)cc1)N1CCN(C(=O)Nc2cnn(C)c2)CC1. The molecule has 0 saturated carbocycles. The van der Waals surface area contributed by atoms with E-state index in [0.29, 0.717) is 19.1 Å². The molecule has 7 heteroatoms. The first-order valence-corrected chi connectivity index (χ1v) is 8.45. The number of rotatable bonds is 3. The molecule has 2 amide bonds. The van der Waals surface area contributed by atoms with E-state index in [9.17, 15) is 4.79 Å². The van der Waals surface area contributed by atoms with Gasteiger partial charge in [-0.05, 0) is 24.6 Å². The molecule has 1 aromatic heterocycles. The van der Waals surface area contributed by atoms with Crippen LogP contribution < -0.4 is 5.32 Å². The summed E-state index contributed by atoms with van der Waals surface area (Å²) in [5, 5.41) is 7.69. The first-order valence-electron chi connectivity index (χ1n) is 8.07. The predicted octanol–water partition coefficient (Wildman–Crippen LogP) is 2.98. The van der Waals surface area contributed by atoms with Crippen molar-refractivity contribution in [3.63, 3.8) is 0 Å². The molecule has 1 fully saturated rings. The molecular weight excluding hydrogens is 326 g/mol. The summed E-state index contributed by atoms with van der Waals surface area (Å²) in [5.41, 5.74) is 1.96. The number of hydrogen-bond donors (Lipinski definition) is 1. The minimum absolute atomic E-state index is 0.0678. The largest absolute Gasteiger partial charge is 0.322 e. The number of carbonyl (C=O) groups excluding carboxylic acids is 1. The molecule has 3 rings (SSSR count). The summed E-state index contributed by atoms with van der Waals surface area (Å²) >= 11 is 5.95. The molecule has 2 heterocycles. The van der Waals surface area contributed by atoms with Gasteiger partial charge in [0.25, 0.3) is 0 Å². The van der Waals surface area contributed by atoms with E-state index in [1.54, 1.807) is 17.1 Å². The quantitative estimate of drug-likeness (QED) is 0.928. The molecule has 6 nitrogen and oxygen atoms in total. The second-order valence-electron chi connectivity index (χ2n) is 6.08. The fraction of sp³-hybridized carbons (Fsp3) is 0.412. The average Bonchev–Trinajstić information content (AvgIpc) is 3.00. The zero-order valence-corrected chi connectivity index (χ0v) is 14.7. The maximum atomic E-state index is 12.3. The van der Waals surface area contributed by atoms with Gasteiger partial charge in [-0.25, -0.2) is 4.79 Å². The summed E-state index contributed by atoms with van der Waals surface area (Å²) in [7, 11) is 1.83. The van der Waals surface area contributed by atoms with Gasteiger partial charge in [0.2, 0.25) is 0 Å². The number of urea groups is 1. The van der Waals surface area contributed by atoms with Crippen LogP contribution in [0.2, 0.25) is 5.02 Å². The summed E-state index contributed by atoms with van der Waals surface area (Å²) < 4.78 is 1.67. The van der Waals surface area contributed by atoms with E-state index in [1.807, 2.05) is 24.1 Å². The number of aryl methyl sites for hydroxylation is 1. The number of amides is 2. The molecule has 1 saturated heterocycles. The van der Waals surface area contributed by atoms with Crippen LogP contribution in [0.25, 0.3) is 0 Å². The molecule has 1 N–H and O–H groups in total. The molecule has 2 aromatic rings. The van der Waals surface area contributed by atoms with Crippen LogP contribution in [0, 0.1) is 0 Å². The van der Waals surface area contributed by atoms with Gasteiger partial charge in [-0.2, -0.15) is 5.10 Å². The smallest absolute Gasteiger partial charge is 0.322 e. The maximum absolute atomic E-state index is 12.3. The molecule has 0 aliphatic carbocycles. The molecular formula is C17H22ClN5O. The van der Waals surface area contributed by atoms with Gasteiger partial charge in [0.15, 0.2) is 0 Å². The highest BCUT2D eigenvalue weighted by atomic mass is 35.5. The van der Waals surface area contributed by atoms with Crippen molar-refractivity contribution in [1.29, 1.82) is 0 Å². The summed E-state index contributed by atoms with van der Waals surface area (Å²) in [5.74, 6) is 0. The second-order valence-corrected chi connectivity index (χ2v) is 6.52. The Morgan fingerprint density at radius 3 is 2.46 bits per heavy atom. The first-order chi connectivity index (χ1) is 11.5. The first kappa shape index (κ1) is 16.8. The highest BCUT2D eigenvalue weighted by Gasteiger charge is 2.24. The number of halogens is 1. The van der Waals surface area contributed by atoms with Gasteiger partial charge in [-0.3, -0.25) is 9.58 Å². The topological polar surface area (TPSA) is 53.4 Å². The Morgan fingerprint density at radius 1 is 1.21 bits per heavy atom. The molecule has 1 aliphatic heterocycles. The molecule has 0 spiro atoms. The number of anilines is 1. The Balaban J connectivity index is 1.53. The lowest BCUT2D eigenvalue weighted by molar-refractivity contribution is 0.119. The van der Waals surface area contributed by atoms with Gasteiger partial charge in [-0.1, -0.05) is 23.7 Å². The standard InChI is InChI=1S/C17H22ClN5O/c1-13(14-3-5-15(18)6-4-14)22-7-9-23(10-8-22)17(24)20-16-11-19-21(2)12-16/h3-6,11-13H,7-10H2,1-2H3,(H,20,24)/t13-/m0/s1. The molecule has 1 aromatic carbocycles. The van der Waals surface area contributed by atoms with Gasteiger partial charge in [0.1, 0.15) is 0 Å². The normalized spacial score (nSPS) is 16.9. The third-order valence-corrected chi connectivity index (χ3v) is 4.71. The van der Waals surface area contributed by atoms with Crippen molar-refractivity contribution in [2.75, 3.05) is 31.5 Å². The molecule has 128 valence electrons. The average molecular weight is 348 g/mol. The molecule has 0 bridgehead atoms.